The number of ether oxygens (including phenoxy) is 2. The highest BCUT2D eigenvalue weighted by Crippen LogP contribution is 2.41. The standard InChI is InChI=1S/C15H19NO3/c1-10(16-17)11-2-4-12(5-3-11)13-6-7-14-15(8-13)19-9-18-14/h6-8,10-12H,2-5,9H2,1H3. The van der Waals surface area contributed by atoms with Gasteiger partial charge in [0.1, 0.15) is 0 Å². The molecular formula is C15H19NO3. The van der Waals surface area contributed by atoms with Crippen molar-refractivity contribution >= 4 is 0 Å². The van der Waals surface area contributed by atoms with Gasteiger partial charge in [-0.05, 0) is 62.1 Å². The van der Waals surface area contributed by atoms with E-state index in [1.807, 2.05) is 13.0 Å². The van der Waals surface area contributed by atoms with Crippen LogP contribution in [-0.4, -0.2) is 12.8 Å². The van der Waals surface area contributed by atoms with Crippen LogP contribution in [0.15, 0.2) is 23.4 Å². The average molecular weight is 261 g/mol. The lowest BCUT2D eigenvalue weighted by molar-refractivity contribution is 0.174. The van der Waals surface area contributed by atoms with Gasteiger partial charge in [0.2, 0.25) is 6.79 Å². The van der Waals surface area contributed by atoms with E-state index in [0.717, 1.165) is 37.2 Å². The fourth-order valence-electron chi connectivity index (χ4n) is 3.19. The van der Waals surface area contributed by atoms with Gasteiger partial charge in [0.05, 0.1) is 6.04 Å². The SMILES string of the molecule is CC(N=O)C1CCC(c2ccc3c(c2)OCO3)CC1. The van der Waals surface area contributed by atoms with Crippen molar-refractivity contribution in [3.05, 3.63) is 28.7 Å². The van der Waals surface area contributed by atoms with Gasteiger partial charge in [-0.15, -0.1) is 0 Å². The molecule has 1 unspecified atom stereocenters. The van der Waals surface area contributed by atoms with Crippen molar-refractivity contribution in [3.63, 3.8) is 0 Å². The number of nitrogens with zero attached hydrogens (tertiary/aromatic N) is 1. The monoisotopic (exact) mass is 261 g/mol. The zero-order chi connectivity index (χ0) is 13.2. The van der Waals surface area contributed by atoms with Gasteiger partial charge in [-0.2, -0.15) is 4.91 Å². The summed E-state index contributed by atoms with van der Waals surface area (Å²) in [5.41, 5.74) is 1.33. The van der Waals surface area contributed by atoms with Crippen LogP contribution in [0.2, 0.25) is 0 Å². The van der Waals surface area contributed by atoms with Gasteiger partial charge in [-0.1, -0.05) is 11.2 Å². The second-order valence-corrected chi connectivity index (χ2v) is 5.57. The van der Waals surface area contributed by atoms with Crippen LogP contribution in [0.5, 0.6) is 11.5 Å². The largest absolute Gasteiger partial charge is 0.454 e. The number of fused-ring (bicyclic) bond motifs is 1. The van der Waals surface area contributed by atoms with Gasteiger partial charge in [-0.3, -0.25) is 0 Å². The first-order valence-electron chi connectivity index (χ1n) is 7.00. The smallest absolute Gasteiger partial charge is 0.231 e. The molecule has 2 aliphatic rings. The summed E-state index contributed by atoms with van der Waals surface area (Å²) in [7, 11) is 0. The maximum atomic E-state index is 10.6. The third-order valence-electron chi connectivity index (χ3n) is 4.49. The van der Waals surface area contributed by atoms with E-state index in [-0.39, 0.29) is 6.04 Å². The molecule has 1 aliphatic carbocycles. The molecule has 4 heteroatoms. The summed E-state index contributed by atoms with van der Waals surface area (Å²) in [6.07, 6.45) is 4.44. The van der Waals surface area contributed by atoms with Crippen LogP contribution in [0.25, 0.3) is 0 Å². The number of nitroso groups, excluding NO2 is 1. The summed E-state index contributed by atoms with van der Waals surface area (Å²) < 4.78 is 10.8. The van der Waals surface area contributed by atoms with E-state index >= 15 is 0 Å². The average Bonchev–Trinajstić information content (AvgIpc) is 2.94. The highest BCUT2D eigenvalue weighted by molar-refractivity contribution is 5.45. The van der Waals surface area contributed by atoms with Crippen LogP contribution in [0.1, 0.15) is 44.1 Å². The zero-order valence-electron chi connectivity index (χ0n) is 11.2. The number of benzene rings is 1. The van der Waals surface area contributed by atoms with Crippen molar-refractivity contribution in [2.24, 2.45) is 11.1 Å². The van der Waals surface area contributed by atoms with Crippen LogP contribution in [0.4, 0.5) is 0 Å². The normalized spacial score (nSPS) is 27.0. The molecule has 3 rings (SSSR count). The first kappa shape index (κ1) is 12.5. The van der Waals surface area contributed by atoms with Gasteiger partial charge in [0, 0.05) is 0 Å². The second kappa shape index (κ2) is 5.19. The Labute approximate surface area is 113 Å². The molecule has 0 N–H and O–H groups in total. The van der Waals surface area contributed by atoms with Gasteiger partial charge in [0.25, 0.3) is 0 Å². The molecule has 1 atom stereocenters. The minimum Gasteiger partial charge on any atom is -0.454 e. The summed E-state index contributed by atoms with van der Waals surface area (Å²) in [4.78, 5) is 10.6. The van der Waals surface area contributed by atoms with E-state index in [1.54, 1.807) is 0 Å². The van der Waals surface area contributed by atoms with Gasteiger partial charge >= 0.3 is 0 Å². The molecule has 1 fully saturated rings. The molecule has 1 saturated carbocycles. The first-order valence-corrected chi connectivity index (χ1v) is 7.00. The Bertz CT molecular complexity index is 466. The molecule has 1 aromatic carbocycles. The summed E-state index contributed by atoms with van der Waals surface area (Å²) in [5, 5.41) is 3.17. The van der Waals surface area contributed by atoms with Gasteiger partial charge in [0.15, 0.2) is 11.5 Å². The fraction of sp³-hybridized carbons (Fsp3) is 0.600. The minimum absolute atomic E-state index is 0.0438. The van der Waals surface area contributed by atoms with Crippen LogP contribution in [0, 0.1) is 10.8 Å². The lowest BCUT2D eigenvalue weighted by Gasteiger charge is -2.29. The Morgan fingerprint density at radius 1 is 1.16 bits per heavy atom. The summed E-state index contributed by atoms with van der Waals surface area (Å²) in [6.45, 7) is 2.26. The topological polar surface area (TPSA) is 47.9 Å². The van der Waals surface area contributed by atoms with E-state index in [0.29, 0.717) is 18.6 Å². The van der Waals surface area contributed by atoms with Crippen molar-refractivity contribution in [2.75, 3.05) is 6.79 Å². The summed E-state index contributed by atoms with van der Waals surface area (Å²) in [5.74, 6) is 2.74. The number of rotatable bonds is 3. The third-order valence-corrected chi connectivity index (χ3v) is 4.49. The summed E-state index contributed by atoms with van der Waals surface area (Å²) in [6, 6.07) is 6.20. The van der Waals surface area contributed by atoms with Crippen molar-refractivity contribution < 1.29 is 9.47 Å². The van der Waals surface area contributed by atoms with Crippen LogP contribution in [0.3, 0.4) is 0 Å². The van der Waals surface area contributed by atoms with Crippen molar-refractivity contribution in [3.8, 4) is 11.5 Å². The molecule has 0 aromatic heterocycles. The molecule has 0 amide bonds. The van der Waals surface area contributed by atoms with Gasteiger partial charge < -0.3 is 9.47 Å². The van der Waals surface area contributed by atoms with Crippen molar-refractivity contribution in [2.45, 2.75) is 44.6 Å². The molecule has 1 aromatic rings. The maximum absolute atomic E-state index is 10.6. The molecule has 4 nitrogen and oxygen atoms in total. The van der Waals surface area contributed by atoms with Crippen LogP contribution >= 0.6 is 0 Å². The van der Waals surface area contributed by atoms with Crippen LogP contribution < -0.4 is 9.47 Å². The van der Waals surface area contributed by atoms with Crippen LogP contribution in [-0.2, 0) is 0 Å². The first-order chi connectivity index (χ1) is 9.28. The molecule has 0 bridgehead atoms. The molecule has 0 radical (unpaired) electrons. The van der Waals surface area contributed by atoms with E-state index < -0.39 is 0 Å². The Hall–Kier alpha value is -1.58. The molecule has 19 heavy (non-hydrogen) atoms. The van der Waals surface area contributed by atoms with E-state index in [2.05, 4.69) is 17.3 Å². The molecular weight excluding hydrogens is 242 g/mol. The molecule has 102 valence electrons. The van der Waals surface area contributed by atoms with Crippen molar-refractivity contribution in [1.82, 2.24) is 0 Å². The predicted octanol–water partition coefficient (Wildman–Crippen LogP) is 3.84. The highest BCUT2D eigenvalue weighted by atomic mass is 16.7. The second-order valence-electron chi connectivity index (χ2n) is 5.57. The Balaban J connectivity index is 1.67. The quantitative estimate of drug-likeness (QED) is 0.776. The molecule has 1 aliphatic heterocycles. The predicted molar refractivity (Wildman–Crippen MR) is 72.5 cm³/mol. The van der Waals surface area contributed by atoms with Crippen molar-refractivity contribution in [1.29, 1.82) is 0 Å². The van der Waals surface area contributed by atoms with E-state index in [1.165, 1.54) is 5.56 Å². The number of hydrogen-bond donors (Lipinski definition) is 0. The minimum atomic E-state index is -0.0438. The van der Waals surface area contributed by atoms with E-state index in [4.69, 9.17) is 9.47 Å². The number of hydrogen-bond acceptors (Lipinski definition) is 4. The Morgan fingerprint density at radius 3 is 2.63 bits per heavy atom. The summed E-state index contributed by atoms with van der Waals surface area (Å²) >= 11 is 0. The third kappa shape index (κ3) is 2.44. The lowest BCUT2D eigenvalue weighted by Crippen LogP contribution is -2.21. The maximum Gasteiger partial charge on any atom is 0.231 e. The molecule has 0 spiro atoms. The molecule has 1 heterocycles. The fourth-order valence-corrected chi connectivity index (χ4v) is 3.19. The van der Waals surface area contributed by atoms with E-state index in [9.17, 15) is 4.91 Å². The lowest BCUT2D eigenvalue weighted by atomic mass is 9.76. The Kier molecular flexibility index (Phi) is 3.40. The Morgan fingerprint density at radius 2 is 1.89 bits per heavy atom. The zero-order valence-corrected chi connectivity index (χ0v) is 11.2. The highest BCUT2D eigenvalue weighted by Gasteiger charge is 2.27. The molecule has 0 saturated heterocycles. The van der Waals surface area contributed by atoms with Gasteiger partial charge in [-0.25, -0.2) is 0 Å².